The summed E-state index contributed by atoms with van der Waals surface area (Å²) in [5.74, 6) is 2.02. The van der Waals surface area contributed by atoms with Crippen molar-refractivity contribution in [2.24, 2.45) is 0 Å². The fourth-order valence-corrected chi connectivity index (χ4v) is 5.81. The van der Waals surface area contributed by atoms with Crippen molar-refractivity contribution in [3.63, 3.8) is 0 Å². The molecule has 2 aliphatic heterocycles. The lowest BCUT2D eigenvalue weighted by Crippen LogP contribution is -2.49. The van der Waals surface area contributed by atoms with E-state index in [2.05, 4.69) is 29.3 Å². The molecular weight excluding hydrogens is 396 g/mol. The number of hydroxylamine groups is 1. The lowest BCUT2D eigenvalue weighted by molar-refractivity contribution is -0.235. The van der Waals surface area contributed by atoms with Gasteiger partial charge in [-0.2, -0.15) is 16.8 Å². The molecule has 1 fully saturated rings. The van der Waals surface area contributed by atoms with Gasteiger partial charge in [0.1, 0.15) is 12.4 Å². The van der Waals surface area contributed by atoms with Crippen LogP contribution in [0.2, 0.25) is 0 Å². The molecule has 6 heteroatoms. The number of hydrogen-bond donors (Lipinski definition) is 0. The summed E-state index contributed by atoms with van der Waals surface area (Å²) in [6.07, 6.45) is 3.66. The zero-order valence-electron chi connectivity index (χ0n) is 17.3. The Morgan fingerprint density at radius 3 is 2.47 bits per heavy atom. The van der Waals surface area contributed by atoms with E-state index in [1.165, 1.54) is 29.7 Å². The summed E-state index contributed by atoms with van der Waals surface area (Å²) in [5, 5.41) is 4.28. The second kappa shape index (κ2) is 10.0. The van der Waals surface area contributed by atoms with Crippen molar-refractivity contribution in [3.8, 4) is 5.75 Å². The maximum absolute atomic E-state index is 11.3. The average molecular weight is 425 g/mol. The Bertz CT molecular complexity index is 853. The molecule has 2 aromatic carbocycles. The smallest absolute Gasteiger partial charge is 0.322 e. The Morgan fingerprint density at radius 2 is 1.80 bits per heavy atom. The van der Waals surface area contributed by atoms with Gasteiger partial charge >= 0.3 is 6.47 Å². The molecule has 0 N–H and O–H groups in total. The highest BCUT2D eigenvalue weighted by molar-refractivity contribution is 8.00. The van der Waals surface area contributed by atoms with Crippen LogP contribution in [0.1, 0.15) is 31.7 Å². The molecule has 158 valence electrons. The highest BCUT2D eigenvalue weighted by Crippen LogP contribution is 2.43. The van der Waals surface area contributed by atoms with Crippen LogP contribution in [0.4, 0.5) is 0 Å². The van der Waals surface area contributed by atoms with E-state index in [0.29, 0.717) is 24.9 Å². The molecule has 2 aliphatic rings. The van der Waals surface area contributed by atoms with Crippen molar-refractivity contribution in [2.75, 3.05) is 18.9 Å². The van der Waals surface area contributed by atoms with Crippen molar-refractivity contribution >= 4 is 23.8 Å². The number of rotatable bonds is 8. The predicted molar refractivity (Wildman–Crippen MR) is 121 cm³/mol. The number of para-hydroxylation sites is 1. The number of hydrazine groups is 1. The minimum absolute atomic E-state index is 0.136. The standard InChI is InChI=1S/C24H28N2O3S/c1-19-23(20-10-4-2-5-11-20)24(22-14-8-9-17-30-22)25(26(19)29-18-27)15-16-28-21-12-6-3-7-13-21/h2-7,10-13,18,22,24H,8-9,14-17H2,1H3. The van der Waals surface area contributed by atoms with E-state index in [0.717, 1.165) is 17.9 Å². The van der Waals surface area contributed by atoms with Gasteiger partial charge < -0.3 is 9.57 Å². The largest absolute Gasteiger partial charge is 0.492 e. The number of nitrogens with zero attached hydrogens (tertiary/aromatic N) is 2. The first-order valence-electron chi connectivity index (χ1n) is 10.5. The molecule has 0 saturated carbocycles. The average Bonchev–Trinajstić information content (AvgIpc) is 3.07. The van der Waals surface area contributed by atoms with E-state index in [-0.39, 0.29) is 6.04 Å². The summed E-state index contributed by atoms with van der Waals surface area (Å²) in [4.78, 5) is 16.8. The zero-order valence-corrected chi connectivity index (χ0v) is 18.1. The fourth-order valence-electron chi connectivity index (χ4n) is 4.35. The van der Waals surface area contributed by atoms with E-state index in [1.54, 1.807) is 5.17 Å². The number of benzene rings is 2. The van der Waals surface area contributed by atoms with Gasteiger partial charge in [-0.05, 0) is 43.2 Å². The van der Waals surface area contributed by atoms with Gasteiger partial charge in [0.25, 0.3) is 0 Å². The van der Waals surface area contributed by atoms with Crippen LogP contribution in [0, 0.1) is 0 Å². The number of ether oxygens (including phenoxy) is 1. The molecule has 2 heterocycles. The van der Waals surface area contributed by atoms with Crippen molar-refractivity contribution < 1.29 is 14.4 Å². The first-order valence-corrected chi connectivity index (χ1v) is 11.6. The van der Waals surface area contributed by atoms with Crippen LogP contribution in [0.5, 0.6) is 5.75 Å². The van der Waals surface area contributed by atoms with Crippen LogP contribution in [0.25, 0.3) is 5.57 Å². The summed E-state index contributed by atoms with van der Waals surface area (Å²) in [7, 11) is 0. The van der Waals surface area contributed by atoms with Gasteiger partial charge in [-0.3, -0.25) is 4.79 Å². The molecule has 30 heavy (non-hydrogen) atoms. The number of allylic oxidation sites excluding steroid dienone is 1. The van der Waals surface area contributed by atoms with Crippen molar-refractivity contribution in [2.45, 2.75) is 37.5 Å². The molecule has 2 atom stereocenters. The molecule has 0 aromatic heterocycles. The third-order valence-corrected chi connectivity index (χ3v) is 7.10. The second-order valence-electron chi connectivity index (χ2n) is 7.51. The van der Waals surface area contributed by atoms with E-state index >= 15 is 0 Å². The van der Waals surface area contributed by atoms with Gasteiger partial charge in [0, 0.05) is 10.8 Å². The van der Waals surface area contributed by atoms with E-state index in [1.807, 2.05) is 55.1 Å². The van der Waals surface area contributed by atoms with Gasteiger partial charge in [0.15, 0.2) is 0 Å². The maximum Gasteiger partial charge on any atom is 0.322 e. The van der Waals surface area contributed by atoms with Gasteiger partial charge in [0.2, 0.25) is 0 Å². The molecule has 0 aliphatic carbocycles. The molecule has 4 rings (SSSR count). The maximum atomic E-state index is 11.3. The molecule has 0 radical (unpaired) electrons. The minimum Gasteiger partial charge on any atom is -0.492 e. The van der Waals surface area contributed by atoms with Crippen molar-refractivity contribution in [1.82, 2.24) is 10.2 Å². The molecule has 2 unspecified atom stereocenters. The fraction of sp³-hybridized carbons (Fsp3) is 0.375. The molecular formula is C24H28N2O3S. The van der Waals surface area contributed by atoms with Crippen LogP contribution in [-0.4, -0.2) is 46.8 Å². The van der Waals surface area contributed by atoms with Crippen molar-refractivity contribution in [1.29, 1.82) is 0 Å². The van der Waals surface area contributed by atoms with Gasteiger partial charge in [-0.25, -0.2) is 0 Å². The molecule has 0 bridgehead atoms. The van der Waals surface area contributed by atoms with Crippen LogP contribution >= 0.6 is 11.8 Å². The summed E-state index contributed by atoms with van der Waals surface area (Å²) >= 11 is 2.03. The Morgan fingerprint density at radius 1 is 1.07 bits per heavy atom. The number of hydrogen-bond acceptors (Lipinski definition) is 6. The number of thioether (sulfide) groups is 1. The van der Waals surface area contributed by atoms with Gasteiger partial charge in [-0.1, -0.05) is 55.0 Å². The monoisotopic (exact) mass is 424 g/mol. The lowest BCUT2D eigenvalue weighted by Gasteiger charge is -2.37. The molecule has 5 nitrogen and oxygen atoms in total. The van der Waals surface area contributed by atoms with E-state index in [9.17, 15) is 4.79 Å². The third-order valence-electron chi connectivity index (χ3n) is 5.65. The lowest BCUT2D eigenvalue weighted by atomic mass is 9.93. The van der Waals surface area contributed by atoms with Crippen molar-refractivity contribution in [3.05, 3.63) is 71.9 Å². The molecule has 2 aromatic rings. The number of carbonyl (C=O) groups is 1. The van der Waals surface area contributed by atoms with E-state index in [4.69, 9.17) is 9.57 Å². The Kier molecular flexibility index (Phi) is 6.97. The first-order chi connectivity index (χ1) is 14.8. The normalized spacial score (nSPS) is 22.2. The zero-order chi connectivity index (χ0) is 20.8. The van der Waals surface area contributed by atoms with Crippen LogP contribution in [-0.2, 0) is 9.63 Å². The Hall–Kier alpha value is -2.44. The van der Waals surface area contributed by atoms with E-state index < -0.39 is 0 Å². The highest BCUT2D eigenvalue weighted by atomic mass is 32.2. The predicted octanol–water partition coefficient (Wildman–Crippen LogP) is 4.77. The topological polar surface area (TPSA) is 42.0 Å². The third kappa shape index (κ3) is 4.50. The van der Waals surface area contributed by atoms with Gasteiger partial charge in [-0.15, -0.1) is 5.17 Å². The molecule has 0 amide bonds. The molecule has 0 spiro atoms. The van der Waals surface area contributed by atoms with Gasteiger partial charge in [0.05, 0.1) is 18.3 Å². The van der Waals surface area contributed by atoms with Crippen LogP contribution in [0.3, 0.4) is 0 Å². The first kappa shape index (κ1) is 20.8. The summed E-state index contributed by atoms with van der Waals surface area (Å²) in [5.41, 5.74) is 3.37. The minimum atomic E-state index is 0.136. The Labute approximate surface area is 182 Å². The Balaban J connectivity index is 1.61. The molecule has 1 saturated heterocycles. The number of carbonyl (C=O) groups excluding carboxylic acids is 1. The summed E-state index contributed by atoms with van der Waals surface area (Å²) < 4.78 is 5.97. The summed E-state index contributed by atoms with van der Waals surface area (Å²) in [6.45, 7) is 3.67. The SMILES string of the molecule is CC1=C(c2ccccc2)C(C2CCCCS2)N(CCOc2ccccc2)N1OC=O. The second-order valence-corrected chi connectivity index (χ2v) is 8.86. The van der Waals surface area contributed by atoms with Crippen LogP contribution < -0.4 is 4.74 Å². The summed E-state index contributed by atoms with van der Waals surface area (Å²) in [6, 6.07) is 20.4. The quantitative estimate of drug-likeness (QED) is 0.569. The highest BCUT2D eigenvalue weighted by Gasteiger charge is 2.43. The van der Waals surface area contributed by atoms with Crippen LogP contribution in [0.15, 0.2) is 66.4 Å².